The van der Waals surface area contributed by atoms with Crippen LogP contribution in [0.3, 0.4) is 0 Å². The van der Waals surface area contributed by atoms with Crippen LogP contribution >= 0.6 is 11.3 Å². The highest BCUT2D eigenvalue weighted by atomic mass is 32.1. The van der Waals surface area contributed by atoms with Crippen LogP contribution in [0.15, 0.2) is 17.5 Å². The molecule has 2 rings (SSSR count). The first-order chi connectivity index (χ1) is 7.12. The summed E-state index contributed by atoms with van der Waals surface area (Å²) in [5.41, 5.74) is -0.526. The average molecular weight is 224 g/mol. The molecule has 1 aliphatic rings. The van der Waals surface area contributed by atoms with Gasteiger partial charge in [-0.3, -0.25) is 0 Å². The van der Waals surface area contributed by atoms with Gasteiger partial charge in [0.1, 0.15) is 0 Å². The summed E-state index contributed by atoms with van der Waals surface area (Å²) in [6, 6.07) is 4.12. The van der Waals surface area contributed by atoms with E-state index in [9.17, 15) is 5.11 Å². The molecule has 0 radical (unpaired) electrons. The molecular formula is C13H20OS. The zero-order valence-electron chi connectivity index (χ0n) is 9.57. The standard InChI is InChI=1S/C13H20OS/c1-10(2)11-5-3-7-13(14,9-11)12-6-4-8-15-12/h4,6,8,10-11,14H,3,5,7,9H2,1-2H3. The van der Waals surface area contributed by atoms with Gasteiger partial charge in [0.25, 0.3) is 0 Å². The molecule has 0 aliphatic heterocycles. The van der Waals surface area contributed by atoms with E-state index in [2.05, 4.69) is 25.3 Å². The summed E-state index contributed by atoms with van der Waals surface area (Å²) in [6.07, 6.45) is 4.34. The van der Waals surface area contributed by atoms with Crippen molar-refractivity contribution < 1.29 is 5.11 Å². The van der Waals surface area contributed by atoms with Crippen molar-refractivity contribution in [2.45, 2.75) is 45.1 Å². The number of rotatable bonds is 2. The Hall–Kier alpha value is -0.340. The van der Waals surface area contributed by atoms with E-state index in [1.54, 1.807) is 11.3 Å². The highest BCUT2D eigenvalue weighted by molar-refractivity contribution is 7.10. The third-order valence-electron chi connectivity index (χ3n) is 3.69. The van der Waals surface area contributed by atoms with Crippen LogP contribution in [-0.4, -0.2) is 5.11 Å². The number of thiophene rings is 1. The summed E-state index contributed by atoms with van der Waals surface area (Å²) in [6.45, 7) is 4.54. The van der Waals surface area contributed by atoms with Gasteiger partial charge in [-0.25, -0.2) is 0 Å². The highest BCUT2D eigenvalue weighted by Gasteiger charge is 2.37. The van der Waals surface area contributed by atoms with Gasteiger partial charge in [0.15, 0.2) is 0 Å². The Bertz CT molecular complexity index is 304. The topological polar surface area (TPSA) is 20.2 Å². The van der Waals surface area contributed by atoms with Gasteiger partial charge in [-0.15, -0.1) is 11.3 Å². The van der Waals surface area contributed by atoms with E-state index in [4.69, 9.17) is 0 Å². The van der Waals surface area contributed by atoms with Crippen molar-refractivity contribution in [3.63, 3.8) is 0 Å². The normalized spacial score (nSPS) is 32.1. The molecule has 2 heteroatoms. The van der Waals surface area contributed by atoms with Crippen LogP contribution in [0, 0.1) is 11.8 Å². The Morgan fingerprint density at radius 2 is 2.33 bits per heavy atom. The van der Waals surface area contributed by atoms with Gasteiger partial charge in [0.2, 0.25) is 0 Å². The fraction of sp³-hybridized carbons (Fsp3) is 0.692. The average Bonchev–Trinajstić information content (AvgIpc) is 2.71. The van der Waals surface area contributed by atoms with Gasteiger partial charge in [-0.2, -0.15) is 0 Å². The second-order valence-corrected chi connectivity index (χ2v) is 6.06. The maximum absolute atomic E-state index is 10.7. The molecular weight excluding hydrogens is 204 g/mol. The first kappa shape index (κ1) is 11.2. The third kappa shape index (κ3) is 2.26. The van der Waals surface area contributed by atoms with Crippen molar-refractivity contribution >= 4 is 11.3 Å². The SMILES string of the molecule is CC(C)C1CCCC(O)(c2cccs2)C1. The minimum atomic E-state index is -0.526. The van der Waals surface area contributed by atoms with E-state index < -0.39 is 5.60 Å². The number of hydrogen-bond donors (Lipinski definition) is 1. The minimum Gasteiger partial charge on any atom is -0.384 e. The first-order valence-electron chi connectivity index (χ1n) is 5.88. The van der Waals surface area contributed by atoms with Crippen LogP contribution in [0.1, 0.15) is 44.4 Å². The van der Waals surface area contributed by atoms with Crippen molar-refractivity contribution in [2.75, 3.05) is 0 Å². The van der Waals surface area contributed by atoms with Crippen LogP contribution in [-0.2, 0) is 5.60 Å². The van der Waals surface area contributed by atoms with Crippen molar-refractivity contribution in [3.8, 4) is 0 Å². The quantitative estimate of drug-likeness (QED) is 0.810. The highest BCUT2D eigenvalue weighted by Crippen LogP contribution is 2.43. The lowest BCUT2D eigenvalue weighted by Gasteiger charge is -2.38. The second-order valence-electron chi connectivity index (χ2n) is 5.11. The molecule has 2 atom stereocenters. The summed E-state index contributed by atoms with van der Waals surface area (Å²) in [5, 5.41) is 12.7. The van der Waals surface area contributed by atoms with E-state index in [1.165, 1.54) is 6.42 Å². The largest absolute Gasteiger partial charge is 0.384 e. The monoisotopic (exact) mass is 224 g/mol. The van der Waals surface area contributed by atoms with E-state index in [1.807, 2.05) is 6.07 Å². The molecule has 84 valence electrons. The number of hydrogen-bond acceptors (Lipinski definition) is 2. The van der Waals surface area contributed by atoms with Crippen molar-refractivity contribution in [1.82, 2.24) is 0 Å². The molecule has 1 heterocycles. The summed E-state index contributed by atoms with van der Waals surface area (Å²) in [5.74, 6) is 1.38. The molecule has 0 bridgehead atoms. The number of aliphatic hydroxyl groups is 1. The Morgan fingerprint density at radius 1 is 1.53 bits per heavy atom. The molecule has 1 aliphatic carbocycles. The van der Waals surface area contributed by atoms with Crippen LogP contribution in [0.2, 0.25) is 0 Å². The lowest BCUT2D eigenvalue weighted by molar-refractivity contribution is -0.0264. The molecule has 1 aromatic rings. The Balaban J connectivity index is 2.15. The smallest absolute Gasteiger partial charge is 0.0990 e. The van der Waals surface area contributed by atoms with Gasteiger partial charge in [0.05, 0.1) is 5.60 Å². The maximum Gasteiger partial charge on any atom is 0.0990 e. The predicted octanol–water partition coefficient (Wildman–Crippen LogP) is 3.78. The molecule has 15 heavy (non-hydrogen) atoms. The summed E-state index contributed by atoms with van der Waals surface area (Å²) >= 11 is 1.69. The minimum absolute atomic E-state index is 0.526. The summed E-state index contributed by atoms with van der Waals surface area (Å²) < 4.78 is 0. The van der Waals surface area contributed by atoms with E-state index in [0.29, 0.717) is 11.8 Å². The summed E-state index contributed by atoms with van der Waals surface area (Å²) in [7, 11) is 0. The molecule has 0 aromatic carbocycles. The maximum atomic E-state index is 10.7. The zero-order valence-corrected chi connectivity index (χ0v) is 10.4. The first-order valence-corrected chi connectivity index (χ1v) is 6.76. The molecule has 1 saturated carbocycles. The lowest BCUT2D eigenvalue weighted by Crippen LogP contribution is -2.33. The van der Waals surface area contributed by atoms with Gasteiger partial charge >= 0.3 is 0 Å². The molecule has 1 nitrogen and oxygen atoms in total. The fourth-order valence-corrected chi connectivity index (χ4v) is 3.50. The molecule has 1 fully saturated rings. The Morgan fingerprint density at radius 3 is 2.93 bits per heavy atom. The van der Waals surface area contributed by atoms with Crippen molar-refractivity contribution in [3.05, 3.63) is 22.4 Å². The third-order valence-corrected chi connectivity index (χ3v) is 4.75. The van der Waals surface area contributed by atoms with E-state index in [0.717, 1.165) is 24.1 Å². The lowest BCUT2D eigenvalue weighted by atomic mass is 9.73. The molecule has 1 N–H and O–H groups in total. The van der Waals surface area contributed by atoms with Gasteiger partial charge in [-0.1, -0.05) is 19.9 Å². The van der Waals surface area contributed by atoms with Gasteiger partial charge in [0, 0.05) is 4.88 Å². The van der Waals surface area contributed by atoms with Crippen LogP contribution in [0.25, 0.3) is 0 Å². The van der Waals surface area contributed by atoms with E-state index in [-0.39, 0.29) is 0 Å². The molecule has 1 aromatic heterocycles. The van der Waals surface area contributed by atoms with Crippen LogP contribution < -0.4 is 0 Å². The zero-order chi connectivity index (χ0) is 10.9. The molecule has 2 unspecified atom stereocenters. The Kier molecular flexibility index (Phi) is 3.17. The fourth-order valence-electron chi connectivity index (χ4n) is 2.63. The molecule has 0 amide bonds. The van der Waals surface area contributed by atoms with Crippen molar-refractivity contribution in [1.29, 1.82) is 0 Å². The molecule has 0 spiro atoms. The van der Waals surface area contributed by atoms with E-state index >= 15 is 0 Å². The van der Waals surface area contributed by atoms with Crippen molar-refractivity contribution in [2.24, 2.45) is 11.8 Å². The summed E-state index contributed by atoms with van der Waals surface area (Å²) in [4.78, 5) is 1.16. The Labute approximate surface area is 96.1 Å². The second kappa shape index (κ2) is 4.26. The van der Waals surface area contributed by atoms with Gasteiger partial charge in [-0.05, 0) is 49.0 Å². The van der Waals surface area contributed by atoms with Crippen LogP contribution in [0.5, 0.6) is 0 Å². The van der Waals surface area contributed by atoms with Gasteiger partial charge < -0.3 is 5.11 Å². The van der Waals surface area contributed by atoms with Crippen LogP contribution in [0.4, 0.5) is 0 Å². The molecule has 0 saturated heterocycles. The predicted molar refractivity (Wildman–Crippen MR) is 65.0 cm³/mol.